The lowest BCUT2D eigenvalue weighted by molar-refractivity contribution is 0.337. The summed E-state index contributed by atoms with van der Waals surface area (Å²) in [5, 5.41) is 3.87. The third-order valence-electron chi connectivity index (χ3n) is 3.58. The van der Waals surface area contributed by atoms with Crippen LogP contribution >= 0.6 is 11.6 Å². The van der Waals surface area contributed by atoms with Crippen LogP contribution in [0, 0.1) is 0 Å². The van der Waals surface area contributed by atoms with Crippen LogP contribution in [-0.4, -0.2) is 49.7 Å². The lowest BCUT2D eigenvalue weighted by Gasteiger charge is -2.29. The van der Waals surface area contributed by atoms with E-state index in [-0.39, 0.29) is 0 Å². The molecule has 0 radical (unpaired) electrons. The summed E-state index contributed by atoms with van der Waals surface area (Å²) in [6, 6.07) is 2.45. The van der Waals surface area contributed by atoms with Crippen LogP contribution < -0.4 is 10.2 Å². The smallest absolute Gasteiger partial charge is 0.147 e. The van der Waals surface area contributed by atoms with E-state index in [2.05, 4.69) is 34.1 Å². The molecule has 0 bridgehead atoms. The van der Waals surface area contributed by atoms with Crippen molar-refractivity contribution in [2.24, 2.45) is 0 Å². The van der Waals surface area contributed by atoms with Crippen molar-refractivity contribution >= 4 is 17.4 Å². The lowest BCUT2D eigenvalue weighted by atomic mass is 10.2. The number of hydrogen-bond donors (Lipinski definition) is 1. The highest BCUT2D eigenvalue weighted by atomic mass is 35.5. The largest absolute Gasteiger partial charge is 0.351 e. The number of likely N-dealkylation sites (N-methyl/N-ethyl adjacent to an activating group) is 1. The van der Waals surface area contributed by atoms with Crippen LogP contribution in [0.5, 0.6) is 0 Å². The second-order valence-corrected chi connectivity index (χ2v) is 5.74. The van der Waals surface area contributed by atoms with Gasteiger partial charge in [-0.25, -0.2) is 4.98 Å². The van der Waals surface area contributed by atoms with Gasteiger partial charge in [-0.05, 0) is 45.6 Å². The summed E-state index contributed by atoms with van der Waals surface area (Å²) in [5.41, 5.74) is 1.12. The van der Waals surface area contributed by atoms with Gasteiger partial charge in [-0.3, -0.25) is 0 Å². The third kappa shape index (κ3) is 3.59. The monoisotopic (exact) mass is 282 g/mol. The molecule has 0 amide bonds. The van der Waals surface area contributed by atoms with Crippen LogP contribution in [0.25, 0.3) is 0 Å². The summed E-state index contributed by atoms with van der Waals surface area (Å²) in [6.07, 6.45) is 3.07. The van der Waals surface area contributed by atoms with Crippen LogP contribution in [0.15, 0.2) is 12.3 Å². The van der Waals surface area contributed by atoms with Crippen molar-refractivity contribution in [3.05, 3.63) is 22.8 Å². The highest BCUT2D eigenvalue weighted by Crippen LogP contribution is 2.27. The topological polar surface area (TPSA) is 31.4 Å². The molecule has 0 spiro atoms. The van der Waals surface area contributed by atoms with Crippen molar-refractivity contribution in [3.63, 3.8) is 0 Å². The number of nitrogens with one attached hydrogen (secondary N) is 1. The number of rotatable bonds is 3. The molecule has 4 nitrogen and oxygen atoms in total. The Morgan fingerprint density at radius 1 is 1.47 bits per heavy atom. The molecule has 19 heavy (non-hydrogen) atoms. The van der Waals surface area contributed by atoms with Crippen molar-refractivity contribution in [1.29, 1.82) is 0 Å². The van der Waals surface area contributed by atoms with Crippen molar-refractivity contribution in [3.8, 4) is 0 Å². The van der Waals surface area contributed by atoms with Gasteiger partial charge in [0.2, 0.25) is 0 Å². The molecule has 1 atom stereocenters. The molecule has 2 rings (SSSR count). The SMILES string of the molecule is CNCc1cnc(N2CCCN(C)CC2C)c(Cl)c1. The van der Waals surface area contributed by atoms with Gasteiger partial charge in [0.15, 0.2) is 0 Å². The molecule has 1 aliphatic rings. The summed E-state index contributed by atoms with van der Waals surface area (Å²) < 4.78 is 0. The second kappa shape index (κ2) is 6.55. The molecular weight excluding hydrogens is 260 g/mol. The third-order valence-corrected chi connectivity index (χ3v) is 3.86. The number of nitrogens with zero attached hydrogens (tertiary/aromatic N) is 3. The fourth-order valence-corrected chi connectivity index (χ4v) is 2.97. The fraction of sp³-hybridized carbons (Fsp3) is 0.643. The normalized spacial score (nSPS) is 21.5. The molecular formula is C14H23ClN4. The van der Waals surface area contributed by atoms with Gasteiger partial charge in [0.25, 0.3) is 0 Å². The van der Waals surface area contributed by atoms with E-state index in [0.29, 0.717) is 6.04 Å². The van der Waals surface area contributed by atoms with Gasteiger partial charge < -0.3 is 15.1 Å². The predicted octanol–water partition coefficient (Wildman–Crippen LogP) is 1.98. The molecule has 1 saturated heterocycles. The van der Waals surface area contributed by atoms with Crippen LogP contribution in [-0.2, 0) is 6.54 Å². The summed E-state index contributed by atoms with van der Waals surface area (Å²) in [6.45, 7) is 6.24. The number of aromatic nitrogens is 1. The average molecular weight is 283 g/mol. The Balaban J connectivity index is 2.20. The van der Waals surface area contributed by atoms with Crippen LogP contribution in [0.1, 0.15) is 18.9 Å². The number of pyridine rings is 1. The maximum absolute atomic E-state index is 6.41. The molecule has 1 aromatic rings. The van der Waals surface area contributed by atoms with Crippen LogP contribution in [0.4, 0.5) is 5.82 Å². The zero-order valence-corrected chi connectivity index (χ0v) is 12.7. The summed E-state index contributed by atoms with van der Waals surface area (Å²) >= 11 is 6.41. The minimum atomic E-state index is 0.438. The molecule has 1 fully saturated rings. The molecule has 1 N–H and O–H groups in total. The number of anilines is 1. The Labute approximate surface area is 120 Å². The van der Waals surface area contributed by atoms with E-state index >= 15 is 0 Å². The van der Waals surface area contributed by atoms with Gasteiger partial charge >= 0.3 is 0 Å². The zero-order valence-electron chi connectivity index (χ0n) is 12.0. The van der Waals surface area contributed by atoms with E-state index in [1.165, 1.54) is 0 Å². The highest BCUT2D eigenvalue weighted by Gasteiger charge is 2.22. The standard InChI is InChI=1S/C14H23ClN4/c1-11-10-18(3)5-4-6-19(11)14-13(15)7-12(8-16-2)9-17-14/h7,9,11,16H,4-6,8,10H2,1-3H3. The molecule has 5 heteroatoms. The van der Waals surface area contributed by atoms with Gasteiger partial charge in [-0.1, -0.05) is 11.6 Å². The highest BCUT2D eigenvalue weighted by molar-refractivity contribution is 6.33. The van der Waals surface area contributed by atoms with Crippen LogP contribution in [0.2, 0.25) is 5.02 Å². The van der Waals surface area contributed by atoms with Crippen LogP contribution in [0.3, 0.4) is 0 Å². The first-order chi connectivity index (χ1) is 9.11. The van der Waals surface area contributed by atoms with Gasteiger partial charge in [0, 0.05) is 31.9 Å². The molecule has 106 valence electrons. The quantitative estimate of drug-likeness (QED) is 0.919. The second-order valence-electron chi connectivity index (χ2n) is 5.34. The van der Waals surface area contributed by atoms with Gasteiger partial charge in [-0.15, -0.1) is 0 Å². The van der Waals surface area contributed by atoms with E-state index in [9.17, 15) is 0 Å². The number of hydrogen-bond acceptors (Lipinski definition) is 4. The lowest BCUT2D eigenvalue weighted by Crippen LogP contribution is -2.38. The van der Waals surface area contributed by atoms with Crippen molar-refractivity contribution in [2.75, 3.05) is 38.6 Å². The Kier molecular flexibility index (Phi) is 5.02. The summed E-state index contributed by atoms with van der Waals surface area (Å²) in [4.78, 5) is 9.27. The minimum absolute atomic E-state index is 0.438. The van der Waals surface area contributed by atoms with E-state index in [4.69, 9.17) is 11.6 Å². The molecule has 0 saturated carbocycles. The first-order valence-corrected chi connectivity index (χ1v) is 7.24. The minimum Gasteiger partial charge on any atom is -0.351 e. The maximum atomic E-state index is 6.41. The average Bonchev–Trinajstić information content (AvgIpc) is 2.51. The molecule has 0 aromatic carbocycles. The van der Waals surface area contributed by atoms with Gasteiger partial charge in [0.1, 0.15) is 5.82 Å². The number of halogens is 1. The van der Waals surface area contributed by atoms with E-state index in [1.807, 2.05) is 19.3 Å². The first kappa shape index (κ1) is 14.6. The Morgan fingerprint density at radius 2 is 2.26 bits per heavy atom. The molecule has 1 aliphatic heterocycles. The zero-order chi connectivity index (χ0) is 13.8. The molecule has 0 aliphatic carbocycles. The van der Waals surface area contributed by atoms with E-state index in [0.717, 1.165) is 49.0 Å². The summed E-state index contributed by atoms with van der Waals surface area (Å²) in [5.74, 6) is 0.921. The maximum Gasteiger partial charge on any atom is 0.147 e. The summed E-state index contributed by atoms with van der Waals surface area (Å²) in [7, 11) is 4.10. The van der Waals surface area contributed by atoms with E-state index in [1.54, 1.807) is 0 Å². The van der Waals surface area contributed by atoms with Crippen molar-refractivity contribution in [1.82, 2.24) is 15.2 Å². The van der Waals surface area contributed by atoms with Crippen molar-refractivity contribution in [2.45, 2.75) is 25.9 Å². The van der Waals surface area contributed by atoms with Gasteiger partial charge in [0.05, 0.1) is 5.02 Å². The Hall–Kier alpha value is -0.840. The Bertz CT molecular complexity index is 424. The predicted molar refractivity (Wildman–Crippen MR) is 80.9 cm³/mol. The van der Waals surface area contributed by atoms with E-state index < -0.39 is 0 Å². The first-order valence-electron chi connectivity index (χ1n) is 6.86. The molecule has 1 unspecified atom stereocenters. The van der Waals surface area contributed by atoms with Gasteiger partial charge in [-0.2, -0.15) is 0 Å². The molecule has 1 aromatic heterocycles. The Morgan fingerprint density at radius 3 is 2.95 bits per heavy atom. The van der Waals surface area contributed by atoms with Crippen molar-refractivity contribution < 1.29 is 0 Å². The fourth-order valence-electron chi connectivity index (χ4n) is 2.67. The molecule has 2 heterocycles.